The number of carbonyl (C=O) groups excluding carboxylic acids is 1. The van der Waals surface area contributed by atoms with Gasteiger partial charge in [0, 0.05) is 28.3 Å². The zero-order valence-corrected chi connectivity index (χ0v) is 18.2. The number of nitro groups is 1. The lowest BCUT2D eigenvalue weighted by Gasteiger charge is -2.39. The number of nitrogens with one attached hydrogen (secondary N) is 1. The van der Waals surface area contributed by atoms with Crippen LogP contribution < -0.4 is 5.32 Å². The molecule has 1 N–H and O–H groups in total. The van der Waals surface area contributed by atoms with Gasteiger partial charge in [-0.1, -0.05) is 38.4 Å². The summed E-state index contributed by atoms with van der Waals surface area (Å²) < 4.78 is 0. The van der Waals surface area contributed by atoms with Crippen LogP contribution in [0.25, 0.3) is 11.0 Å². The normalized spacial score (nSPS) is 25.4. The Balaban J connectivity index is 1.70. The van der Waals surface area contributed by atoms with E-state index >= 15 is 0 Å². The third kappa shape index (κ3) is 2.44. The fraction of sp³-hybridized carbons (Fsp3) is 0.348. The summed E-state index contributed by atoms with van der Waals surface area (Å²) in [5, 5.41) is 14.8. The van der Waals surface area contributed by atoms with Gasteiger partial charge in [0.1, 0.15) is 0 Å². The molecule has 1 saturated carbocycles. The molecular weight excluding hydrogens is 416 g/mol. The van der Waals surface area contributed by atoms with Crippen LogP contribution in [0.1, 0.15) is 45.0 Å². The predicted molar refractivity (Wildman–Crippen MR) is 118 cm³/mol. The molecule has 2 unspecified atom stereocenters. The second-order valence-electron chi connectivity index (χ2n) is 9.18. The van der Waals surface area contributed by atoms with Crippen molar-refractivity contribution in [1.29, 1.82) is 0 Å². The standard InChI is InChI=1S/C23H21ClN4O3/c1-21(2)22(3)9-10-23(21,20(29)25-14-6-4-5-13(24)11-14)19-18(22)26-16-8-7-15(28(30)31)12-17(16)27-19/h4-8,11-12H,9-10H2,1-3H3,(H,25,29). The Bertz CT molecular complexity index is 1290. The highest BCUT2D eigenvalue weighted by molar-refractivity contribution is 6.30. The number of rotatable bonds is 3. The molecule has 31 heavy (non-hydrogen) atoms. The number of hydrogen-bond acceptors (Lipinski definition) is 5. The molecule has 1 fully saturated rings. The molecule has 0 radical (unpaired) electrons. The molecule has 3 aromatic rings. The van der Waals surface area contributed by atoms with E-state index in [1.807, 2.05) is 0 Å². The van der Waals surface area contributed by atoms with Gasteiger partial charge in [-0.25, -0.2) is 9.97 Å². The third-order valence-electron chi connectivity index (χ3n) is 7.70. The van der Waals surface area contributed by atoms with E-state index in [1.165, 1.54) is 12.1 Å². The van der Waals surface area contributed by atoms with E-state index in [4.69, 9.17) is 21.6 Å². The van der Waals surface area contributed by atoms with Gasteiger partial charge < -0.3 is 5.32 Å². The van der Waals surface area contributed by atoms with Crippen molar-refractivity contribution in [3.05, 3.63) is 69.0 Å². The minimum Gasteiger partial charge on any atom is -0.325 e. The summed E-state index contributed by atoms with van der Waals surface area (Å²) in [7, 11) is 0. The second-order valence-corrected chi connectivity index (χ2v) is 9.61. The number of non-ortho nitro benzene ring substituents is 1. The van der Waals surface area contributed by atoms with Gasteiger partial charge in [-0.3, -0.25) is 14.9 Å². The highest BCUT2D eigenvalue weighted by Gasteiger charge is 2.73. The minimum absolute atomic E-state index is 0.0483. The molecule has 158 valence electrons. The van der Waals surface area contributed by atoms with Crippen LogP contribution in [0.5, 0.6) is 0 Å². The third-order valence-corrected chi connectivity index (χ3v) is 7.94. The van der Waals surface area contributed by atoms with Gasteiger partial charge in [-0.15, -0.1) is 0 Å². The van der Waals surface area contributed by atoms with Crippen LogP contribution in [-0.4, -0.2) is 20.8 Å². The molecule has 2 bridgehead atoms. The number of aromatic nitrogens is 2. The van der Waals surface area contributed by atoms with Crippen LogP contribution in [-0.2, 0) is 15.6 Å². The highest BCUT2D eigenvalue weighted by Crippen LogP contribution is 2.70. The van der Waals surface area contributed by atoms with Gasteiger partial charge in [-0.2, -0.15) is 0 Å². The van der Waals surface area contributed by atoms with Crippen molar-refractivity contribution >= 4 is 39.9 Å². The van der Waals surface area contributed by atoms with Crippen molar-refractivity contribution in [2.75, 3.05) is 5.32 Å². The maximum atomic E-state index is 13.8. The first kappa shape index (κ1) is 19.9. The molecule has 0 saturated heterocycles. The lowest BCUT2D eigenvalue weighted by Crippen LogP contribution is -2.48. The van der Waals surface area contributed by atoms with Gasteiger partial charge in [0.15, 0.2) is 0 Å². The van der Waals surface area contributed by atoms with Crippen LogP contribution in [0.3, 0.4) is 0 Å². The van der Waals surface area contributed by atoms with E-state index in [1.54, 1.807) is 30.3 Å². The number of fused-ring (bicyclic) bond motifs is 6. The Kier molecular flexibility index (Phi) is 3.99. The summed E-state index contributed by atoms with van der Waals surface area (Å²) >= 11 is 6.10. The Hall–Kier alpha value is -3.06. The number of amides is 1. The number of carbonyl (C=O) groups is 1. The van der Waals surface area contributed by atoms with Crippen LogP contribution in [0.4, 0.5) is 11.4 Å². The molecule has 1 aromatic heterocycles. The molecule has 2 aliphatic carbocycles. The van der Waals surface area contributed by atoms with E-state index in [0.29, 0.717) is 33.9 Å². The summed E-state index contributed by atoms with van der Waals surface area (Å²) in [6.45, 7) is 6.32. The molecule has 2 atom stereocenters. The lowest BCUT2D eigenvalue weighted by molar-refractivity contribution is -0.384. The van der Waals surface area contributed by atoms with Crippen molar-refractivity contribution in [3.8, 4) is 0 Å². The molecule has 7 nitrogen and oxygen atoms in total. The minimum atomic E-state index is -0.898. The molecule has 1 amide bonds. The first-order valence-electron chi connectivity index (χ1n) is 10.1. The summed E-state index contributed by atoms with van der Waals surface area (Å²) in [5.41, 5.74) is 1.34. The van der Waals surface area contributed by atoms with E-state index in [9.17, 15) is 14.9 Å². The lowest BCUT2D eigenvalue weighted by atomic mass is 9.63. The Labute approximate surface area is 184 Å². The number of nitro benzene ring substituents is 1. The van der Waals surface area contributed by atoms with Gasteiger partial charge in [-0.05, 0) is 42.5 Å². The number of halogens is 1. The number of benzene rings is 2. The predicted octanol–water partition coefficient (Wildman–Crippen LogP) is 5.16. The van der Waals surface area contributed by atoms with Gasteiger partial charge in [0.2, 0.25) is 5.91 Å². The summed E-state index contributed by atoms with van der Waals surface area (Å²) in [4.78, 5) is 34.3. The molecule has 1 heterocycles. The largest absolute Gasteiger partial charge is 0.325 e. The van der Waals surface area contributed by atoms with Crippen LogP contribution in [0.2, 0.25) is 5.02 Å². The zero-order valence-electron chi connectivity index (χ0n) is 17.4. The Morgan fingerprint density at radius 3 is 2.52 bits per heavy atom. The fourth-order valence-electron chi connectivity index (χ4n) is 5.51. The van der Waals surface area contributed by atoms with Crippen molar-refractivity contribution in [2.45, 2.75) is 44.4 Å². The topological polar surface area (TPSA) is 98.0 Å². The molecule has 2 aromatic carbocycles. The van der Waals surface area contributed by atoms with Gasteiger partial charge in [0.05, 0.1) is 32.8 Å². The number of hydrogen-bond donors (Lipinski definition) is 1. The molecule has 0 aliphatic heterocycles. The van der Waals surface area contributed by atoms with E-state index in [-0.39, 0.29) is 17.0 Å². The Morgan fingerprint density at radius 2 is 1.81 bits per heavy atom. The first-order chi connectivity index (χ1) is 14.6. The maximum Gasteiger partial charge on any atom is 0.271 e. The second kappa shape index (κ2) is 6.23. The summed E-state index contributed by atoms with van der Waals surface area (Å²) in [6, 6.07) is 11.5. The number of nitrogens with zero attached hydrogens (tertiary/aromatic N) is 3. The van der Waals surface area contributed by atoms with E-state index in [0.717, 1.165) is 12.1 Å². The first-order valence-corrected chi connectivity index (χ1v) is 10.5. The van der Waals surface area contributed by atoms with Crippen LogP contribution >= 0.6 is 11.6 Å². The zero-order chi connectivity index (χ0) is 22.2. The maximum absolute atomic E-state index is 13.8. The van der Waals surface area contributed by atoms with Crippen molar-refractivity contribution < 1.29 is 9.72 Å². The summed E-state index contributed by atoms with van der Waals surface area (Å²) in [5.74, 6) is -0.152. The van der Waals surface area contributed by atoms with Crippen molar-refractivity contribution in [1.82, 2.24) is 9.97 Å². The Morgan fingerprint density at radius 1 is 1.06 bits per heavy atom. The quantitative estimate of drug-likeness (QED) is 0.451. The number of anilines is 1. The SMILES string of the molecule is CC12CCC(C(=O)Nc3cccc(Cl)c3)(c3nc4cc([N+](=O)[O-])ccc4nc31)C2(C)C. The smallest absolute Gasteiger partial charge is 0.271 e. The molecule has 8 heteroatoms. The van der Waals surface area contributed by atoms with Gasteiger partial charge in [0.25, 0.3) is 5.69 Å². The average Bonchev–Trinajstić information content (AvgIpc) is 3.01. The fourth-order valence-corrected chi connectivity index (χ4v) is 5.70. The van der Waals surface area contributed by atoms with Crippen LogP contribution in [0, 0.1) is 15.5 Å². The van der Waals surface area contributed by atoms with E-state index in [2.05, 4.69) is 26.1 Å². The molecule has 0 spiro atoms. The molecule has 2 aliphatic rings. The van der Waals surface area contributed by atoms with Crippen LogP contribution in [0.15, 0.2) is 42.5 Å². The monoisotopic (exact) mass is 436 g/mol. The summed E-state index contributed by atoms with van der Waals surface area (Å²) in [6.07, 6.45) is 1.44. The van der Waals surface area contributed by atoms with Gasteiger partial charge >= 0.3 is 0 Å². The molecular formula is C23H21ClN4O3. The van der Waals surface area contributed by atoms with Crippen molar-refractivity contribution in [2.24, 2.45) is 5.41 Å². The highest BCUT2D eigenvalue weighted by atomic mass is 35.5. The van der Waals surface area contributed by atoms with E-state index < -0.39 is 15.8 Å². The molecule has 5 rings (SSSR count). The average molecular weight is 437 g/mol. The van der Waals surface area contributed by atoms with Crippen molar-refractivity contribution in [3.63, 3.8) is 0 Å².